The van der Waals surface area contributed by atoms with Gasteiger partial charge in [-0.15, -0.1) is 0 Å². The molecule has 0 spiro atoms. The van der Waals surface area contributed by atoms with E-state index in [4.69, 9.17) is 14.5 Å². The van der Waals surface area contributed by atoms with Crippen LogP contribution >= 0.6 is 11.3 Å². The predicted molar refractivity (Wildman–Crippen MR) is 162 cm³/mol. The third-order valence-corrected chi connectivity index (χ3v) is 9.46. The van der Waals surface area contributed by atoms with Crippen LogP contribution in [0.5, 0.6) is 5.75 Å². The first-order valence-corrected chi connectivity index (χ1v) is 15.9. The topological polar surface area (TPSA) is 110 Å². The number of ether oxygens (including phenoxy) is 2. The zero-order chi connectivity index (χ0) is 29.1. The Bertz CT molecular complexity index is 1420. The molecule has 11 heteroatoms. The lowest BCUT2D eigenvalue weighted by Gasteiger charge is -2.31. The lowest BCUT2D eigenvalue weighted by molar-refractivity contribution is -0.148. The van der Waals surface area contributed by atoms with Crippen molar-refractivity contribution >= 4 is 34.2 Å². The van der Waals surface area contributed by atoms with Crippen molar-refractivity contribution < 1.29 is 19.1 Å². The van der Waals surface area contributed by atoms with Crippen molar-refractivity contribution in [2.75, 3.05) is 43.1 Å². The van der Waals surface area contributed by atoms with Gasteiger partial charge in [0.1, 0.15) is 17.3 Å². The van der Waals surface area contributed by atoms with Gasteiger partial charge in [-0.25, -0.2) is 15.0 Å². The number of esters is 1. The molecule has 0 bridgehead atoms. The number of hydrogen-bond donors (Lipinski definition) is 1. The molecule has 3 aliphatic heterocycles. The maximum atomic E-state index is 13.2. The minimum Gasteiger partial charge on any atom is -0.493 e. The van der Waals surface area contributed by atoms with E-state index >= 15 is 0 Å². The Hall–Kier alpha value is -3.57. The number of likely N-dealkylation sites (tertiary alicyclic amines) is 1. The minimum absolute atomic E-state index is 0.0734. The lowest BCUT2D eigenvalue weighted by atomic mass is 9.97. The van der Waals surface area contributed by atoms with E-state index in [-0.39, 0.29) is 23.5 Å². The molecule has 3 aliphatic rings. The molecule has 2 fully saturated rings. The van der Waals surface area contributed by atoms with Crippen LogP contribution in [0.2, 0.25) is 0 Å². The average molecular weight is 591 g/mol. The standard InChI is InChI=1S/C31H38N6O4S/c1-3-23-6-5-12-37(23)19-26-28(22-7-8-25-21(16-22)11-15-41-25)34-31(42-26)35-29(38)24-17-33-27(18-32-24)36-13-9-20(10-14-36)30(39)40-4-2/h7-8,16-18,20,23H,3-6,9-15,19H2,1-2H3,(H,34,35,38)/t23-/m1/s1. The largest absolute Gasteiger partial charge is 0.493 e. The van der Waals surface area contributed by atoms with Crippen molar-refractivity contribution in [2.24, 2.45) is 5.92 Å². The number of anilines is 2. The Kier molecular flexibility index (Phi) is 8.66. The zero-order valence-electron chi connectivity index (χ0n) is 24.3. The molecule has 2 saturated heterocycles. The fourth-order valence-electron chi connectivity index (χ4n) is 6.19. The van der Waals surface area contributed by atoms with Gasteiger partial charge in [-0.2, -0.15) is 0 Å². The Labute approximate surface area is 250 Å². The minimum atomic E-state index is -0.336. The maximum Gasteiger partial charge on any atom is 0.309 e. The first kappa shape index (κ1) is 28.5. The van der Waals surface area contributed by atoms with E-state index in [2.05, 4.69) is 44.1 Å². The second kappa shape index (κ2) is 12.7. The van der Waals surface area contributed by atoms with Crippen molar-refractivity contribution in [1.29, 1.82) is 0 Å². The van der Waals surface area contributed by atoms with Crippen LogP contribution in [-0.2, 0) is 22.5 Å². The molecule has 0 aliphatic carbocycles. The second-order valence-electron chi connectivity index (χ2n) is 11.1. The van der Waals surface area contributed by atoms with Gasteiger partial charge in [-0.1, -0.05) is 18.3 Å². The molecule has 5 heterocycles. The van der Waals surface area contributed by atoms with E-state index in [1.54, 1.807) is 6.20 Å². The fourth-order valence-corrected chi connectivity index (χ4v) is 7.19. The van der Waals surface area contributed by atoms with Gasteiger partial charge in [0.25, 0.3) is 5.91 Å². The predicted octanol–water partition coefficient (Wildman–Crippen LogP) is 4.94. The number of piperidine rings is 1. The zero-order valence-corrected chi connectivity index (χ0v) is 25.1. The molecule has 1 N–H and O–H groups in total. The van der Waals surface area contributed by atoms with Gasteiger partial charge in [0.15, 0.2) is 5.13 Å². The Morgan fingerprint density at radius 3 is 2.74 bits per heavy atom. The molecule has 1 atom stereocenters. The number of hydrogen-bond acceptors (Lipinski definition) is 10. The number of amides is 1. The molecule has 2 aromatic heterocycles. The lowest BCUT2D eigenvalue weighted by Crippen LogP contribution is -2.37. The summed E-state index contributed by atoms with van der Waals surface area (Å²) in [4.78, 5) is 44.9. The van der Waals surface area contributed by atoms with Crippen LogP contribution in [0.1, 0.15) is 66.9 Å². The van der Waals surface area contributed by atoms with Crippen molar-refractivity contribution in [3.05, 3.63) is 46.7 Å². The summed E-state index contributed by atoms with van der Waals surface area (Å²) in [6, 6.07) is 6.85. The Balaban J connectivity index is 1.16. The summed E-state index contributed by atoms with van der Waals surface area (Å²) in [6.45, 7) is 8.47. The second-order valence-corrected chi connectivity index (χ2v) is 12.2. The van der Waals surface area contributed by atoms with E-state index in [0.717, 1.165) is 47.8 Å². The van der Waals surface area contributed by atoms with Crippen molar-refractivity contribution in [1.82, 2.24) is 19.9 Å². The molecule has 222 valence electrons. The van der Waals surface area contributed by atoms with Crippen LogP contribution in [-0.4, -0.2) is 70.6 Å². The summed E-state index contributed by atoms with van der Waals surface area (Å²) >= 11 is 1.53. The third kappa shape index (κ3) is 6.12. The summed E-state index contributed by atoms with van der Waals surface area (Å²) in [5.41, 5.74) is 3.40. The van der Waals surface area contributed by atoms with E-state index in [0.29, 0.717) is 56.1 Å². The molecule has 1 amide bonds. The monoisotopic (exact) mass is 590 g/mol. The van der Waals surface area contributed by atoms with Crippen molar-refractivity contribution in [2.45, 2.75) is 65.0 Å². The average Bonchev–Trinajstić information content (AvgIpc) is 3.77. The number of nitrogens with one attached hydrogen (secondary N) is 1. The molecule has 6 rings (SSSR count). The number of benzene rings is 1. The van der Waals surface area contributed by atoms with Crippen LogP contribution in [0.3, 0.4) is 0 Å². The van der Waals surface area contributed by atoms with Crippen molar-refractivity contribution in [3.8, 4) is 17.0 Å². The number of thiazole rings is 1. The highest BCUT2D eigenvalue weighted by molar-refractivity contribution is 7.16. The van der Waals surface area contributed by atoms with Crippen LogP contribution in [0.4, 0.5) is 10.9 Å². The number of carbonyl (C=O) groups is 2. The van der Waals surface area contributed by atoms with Gasteiger partial charge in [-0.05, 0) is 69.3 Å². The van der Waals surface area contributed by atoms with E-state index < -0.39 is 0 Å². The van der Waals surface area contributed by atoms with E-state index in [9.17, 15) is 9.59 Å². The molecule has 42 heavy (non-hydrogen) atoms. The third-order valence-electron chi connectivity index (χ3n) is 8.51. The first-order valence-electron chi connectivity index (χ1n) is 15.1. The number of nitrogens with zero attached hydrogens (tertiary/aromatic N) is 5. The van der Waals surface area contributed by atoms with Crippen molar-refractivity contribution in [3.63, 3.8) is 0 Å². The van der Waals surface area contributed by atoms with Gasteiger partial charge in [0.2, 0.25) is 0 Å². The fraction of sp³-hybridized carbons (Fsp3) is 0.516. The van der Waals surface area contributed by atoms with E-state index in [1.165, 1.54) is 35.9 Å². The van der Waals surface area contributed by atoms with Gasteiger partial charge in [0, 0.05) is 42.5 Å². The molecule has 10 nitrogen and oxygen atoms in total. The van der Waals surface area contributed by atoms with Crippen LogP contribution in [0.15, 0.2) is 30.6 Å². The molecule has 1 aromatic carbocycles. The Morgan fingerprint density at radius 1 is 1.12 bits per heavy atom. The Morgan fingerprint density at radius 2 is 1.98 bits per heavy atom. The number of aromatic nitrogens is 3. The molecule has 3 aromatic rings. The summed E-state index contributed by atoms with van der Waals surface area (Å²) in [5.74, 6) is 1.11. The first-order chi connectivity index (χ1) is 20.5. The van der Waals surface area contributed by atoms with Gasteiger partial charge >= 0.3 is 5.97 Å². The van der Waals surface area contributed by atoms with Gasteiger partial charge < -0.3 is 14.4 Å². The number of carbonyl (C=O) groups excluding carboxylic acids is 2. The quantitative estimate of drug-likeness (QED) is 0.347. The number of fused-ring (bicyclic) bond motifs is 1. The highest BCUT2D eigenvalue weighted by Crippen LogP contribution is 2.37. The molecular formula is C31H38N6O4S. The van der Waals surface area contributed by atoms with E-state index in [1.807, 2.05) is 13.0 Å². The summed E-state index contributed by atoms with van der Waals surface area (Å²) in [5, 5.41) is 3.53. The highest BCUT2D eigenvalue weighted by atomic mass is 32.1. The van der Waals surface area contributed by atoms with Crippen LogP contribution < -0.4 is 15.0 Å². The summed E-state index contributed by atoms with van der Waals surface area (Å²) in [6.07, 6.45) is 9.03. The normalized spacial score (nSPS) is 19.0. The van der Waals surface area contributed by atoms with Gasteiger partial charge in [-0.3, -0.25) is 19.8 Å². The molecule has 0 radical (unpaired) electrons. The van der Waals surface area contributed by atoms with Crippen LogP contribution in [0, 0.1) is 5.92 Å². The molecule has 0 unspecified atom stereocenters. The SMILES string of the molecule is CCOC(=O)C1CCN(c2cnc(C(=O)Nc3nc(-c4ccc5c(c4)CCO5)c(CN4CCC[C@H]4CC)s3)cn2)CC1. The van der Waals surface area contributed by atoms with Crippen LogP contribution in [0.25, 0.3) is 11.3 Å². The highest BCUT2D eigenvalue weighted by Gasteiger charge is 2.28. The smallest absolute Gasteiger partial charge is 0.309 e. The molecular weight excluding hydrogens is 552 g/mol. The molecule has 0 saturated carbocycles. The maximum absolute atomic E-state index is 13.2. The number of rotatable bonds is 9. The summed E-state index contributed by atoms with van der Waals surface area (Å²) < 4.78 is 10.9. The van der Waals surface area contributed by atoms with Gasteiger partial charge in [0.05, 0.1) is 37.2 Å². The summed E-state index contributed by atoms with van der Waals surface area (Å²) in [7, 11) is 0.